The molecule has 2 aromatic carbocycles. The van der Waals surface area contributed by atoms with Gasteiger partial charge in [-0.3, -0.25) is 9.59 Å². The van der Waals surface area contributed by atoms with Crippen LogP contribution in [0.5, 0.6) is 5.75 Å². The van der Waals surface area contributed by atoms with Crippen LogP contribution in [0.2, 0.25) is 0 Å². The Labute approximate surface area is 141 Å². The number of carbonyl (C=O) groups is 2. The van der Waals surface area contributed by atoms with E-state index in [0.29, 0.717) is 25.0 Å². The van der Waals surface area contributed by atoms with Gasteiger partial charge < -0.3 is 10.1 Å². The normalized spacial score (nSPS) is 17.3. The van der Waals surface area contributed by atoms with E-state index in [1.807, 2.05) is 49.4 Å². The Bertz CT molecular complexity index is 727. The molecule has 0 fully saturated rings. The van der Waals surface area contributed by atoms with E-state index in [1.165, 1.54) is 0 Å². The topological polar surface area (TPSA) is 55.4 Å². The second kappa shape index (κ2) is 7.30. The summed E-state index contributed by atoms with van der Waals surface area (Å²) in [6.45, 7) is 2.40. The molecule has 1 aliphatic heterocycles. The molecule has 0 spiro atoms. The third-order valence-electron chi connectivity index (χ3n) is 4.25. The molecule has 4 heteroatoms. The fourth-order valence-electron chi connectivity index (χ4n) is 3.03. The lowest BCUT2D eigenvalue weighted by molar-refractivity contribution is -0.123. The van der Waals surface area contributed by atoms with E-state index in [0.717, 1.165) is 11.3 Å². The van der Waals surface area contributed by atoms with Crippen LogP contribution >= 0.6 is 0 Å². The Morgan fingerprint density at radius 1 is 1.12 bits per heavy atom. The van der Waals surface area contributed by atoms with E-state index < -0.39 is 0 Å². The smallest absolute Gasteiger partial charge is 0.228 e. The molecule has 0 aromatic heterocycles. The lowest BCUT2D eigenvalue weighted by atomic mass is 9.92. The highest BCUT2D eigenvalue weighted by molar-refractivity contribution is 5.96. The molecule has 0 bridgehead atoms. The molecule has 2 atom stereocenters. The minimum Gasteiger partial charge on any atom is -0.493 e. The van der Waals surface area contributed by atoms with Crippen LogP contribution in [0.15, 0.2) is 54.6 Å². The molecule has 1 heterocycles. The molecule has 0 aliphatic carbocycles. The number of rotatable bonds is 5. The summed E-state index contributed by atoms with van der Waals surface area (Å²) in [6, 6.07) is 16.6. The van der Waals surface area contributed by atoms with Crippen LogP contribution in [0.3, 0.4) is 0 Å². The van der Waals surface area contributed by atoms with Crippen molar-refractivity contribution in [3.05, 3.63) is 65.7 Å². The number of nitrogens with one attached hydrogen (secondary N) is 1. The lowest BCUT2D eigenvalue weighted by Crippen LogP contribution is -2.39. The SMILES string of the molecule is C[C@H](CC(=O)c1ccccc1)NC(=O)[C@@H]1CCOc2ccccc21. The van der Waals surface area contributed by atoms with Crippen LogP contribution in [0.25, 0.3) is 0 Å². The molecule has 0 saturated carbocycles. The predicted molar refractivity (Wildman–Crippen MR) is 92.3 cm³/mol. The van der Waals surface area contributed by atoms with E-state index in [9.17, 15) is 9.59 Å². The molecule has 1 N–H and O–H groups in total. The summed E-state index contributed by atoms with van der Waals surface area (Å²) < 4.78 is 5.60. The number of benzene rings is 2. The number of carbonyl (C=O) groups excluding carboxylic acids is 2. The van der Waals surface area contributed by atoms with Crippen molar-refractivity contribution in [2.75, 3.05) is 6.61 Å². The molecule has 24 heavy (non-hydrogen) atoms. The summed E-state index contributed by atoms with van der Waals surface area (Å²) >= 11 is 0. The minimum absolute atomic E-state index is 0.0378. The van der Waals surface area contributed by atoms with Gasteiger partial charge in [-0.2, -0.15) is 0 Å². The summed E-state index contributed by atoms with van der Waals surface area (Å²) in [7, 11) is 0. The van der Waals surface area contributed by atoms with Gasteiger partial charge in [0.05, 0.1) is 12.5 Å². The van der Waals surface area contributed by atoms with Crippen molar-refractivity contribution in [2.45, 2.75) is 31.7 Å². The van der Waals surface area contributed by atoms with Crippen molar-refractivity contribution in [3.63, 3.8) is 0 Å². The third kappa shape index (κ3) is 3.65. The first kappa shape index (κ1) is 16.2. The molecule has 0 unspecified atom stereocenters. The standard InChI is InChI=1S/C20H21NO3/c1-14(13-18(22)15-7-3-2-4-8-15)21-20(23)17-11-12-24-19-10-6-5-9-16(17)19/h2-10,14,17H,11-13H2,1H3,(H,21,23)/t14-,17-/m1/s1. The number of ether oxygens (including phenoxy) is 1. The molecular weight excluding hydrogens is 302 g/mol. The van der Waals surface area contributed by atoms with Crippen molar-refractivity contribution in [1.82, 2.24) is 5.32 Å². The predicted octanol–water partition coefficient (Wildman–Crippen LogP) is 3.33. The maximum Gasteiger partial charge on any atom is 0.228 e. The average Bonchev–Trinajstić information content (AvgIpc) is 2.61. The van der Waals surface area contributed by atoms with E-state index in [2.05, 4.69) is 5.32 Å². The fourth-order valence-corrected chi connectivity index (χ4v) is 3.03. The van der Waals surface area contributed by atoms with Gasteiger partial charge in [0, 0.05) is 23.6 Å². The van der Waals surface area contributed by atoms with Crippen LogP contribution in [0, 0.1) is 0 Å². The number of para-hydroxylation sites is 1. The zero-order valence-corrected chi connectivity index (χ0v) is 13.7. The zero-order chi connectivity index (χ0) is 16.9. The molecular formula is C20H21NO3. The maximum atomic E-state index is 12.6. The number of hydrogen-bond donors (Lipinski definition) is 1. The Hall–Kier alpha value is -2.62. The summed E-state index contributed by atoms with van der Waals surface area (Å²) in [5.41, 5.74) is 1.60. The number of hydrogen-bond acceptors (Lipinski definition) is 3. The van der Waals surface area contributed by atoms with E-state index in [4.69, 9.17) is 4.74 Å². The van der Waals surface area contributed by atoms with Gasteiger partial charge in [-0.05, 0) is 19.4 Å². The lowest BCUT2D eigenvalue weighted by Gasteiger charge is -2.26. The highest BCUT2D eigenvalue weighted by Gasteiger charge is 2.28. The van der Waals surface area contributed by atoms with Crippen LogP contribution in [-0.2, 0) is 4.79 Å². The van der Waals surface area contributed by atoms with E-state index in [-0.39, 0.29) is 23.7 Å². The summed E-state index contributed by atoms with van der Waals surface area (Å²) in [5, 5.41) is 2.98. The first-order valence-corrected chi connectivity index (χ1v) is 8.25. The van der Waals surface area contributed by atoms with Gasteiger partial charge in [0.15, 0.2) is 5.78 Å². The molecule has 2 aromatic rings. The van der Waals surface area contributed by atoms with Gasteiger partial charge in [-0.1, -0.05) is 48.5 Å². The molecule has 0 radical (unpaired) electrons. The second-order valence-corrected chi connectivity index (χ2v) is 6.13. The quantitative estimate of drug-likeness (QED) is 0.859. The van der Waals surface area contributed by atoms with Gasteiger partial charge in [0.25, 0.3) is 0 Å². The largest absolute Gasteiger partial charge is 0.493 e. The van der Waals surface area contributed by atoms with Crippen molar-refractivity contribution >= 4 is 11.7 Å². The summed E-state index contributed by atoms with van der Waals surface area (Å²) in [4.78, 5) is 24.9. The van der Waals surface area contributed by atoms with Gasteiger partial charge in [-0.25, -0.2) is 0 Å². The Morgan fingerprint density at radius 3 is 2.62 bits per heavy atom. The van der Waals surface area contributed by atoms with Crippen molar-refractivity contribution in [1.29, 1.82) is 0 Å². The van der Waals surface area contributed by atoms with Gasteiger partial charge in [0.2, 0.25) is 5.91 Å². The fraction of sp³-hybridized carbons (Fsp3) is 0.300. The first-order chi connectivity index (χ1) is 11.6. The number of ketones is 1. The Morgan fingerprint density at radius 2 is 1.83 bits per heavy atom. The summed E-state index contributed by atoms with van der Waals surface area (Å²) in [5.74, 6) is 0.552. The third-order valence-corrected chi connectivity index (χ3v) is 4.25. The number of amides is 1. The van der Waals surface area contributed by atoms with Gasteiger partial charge >= 0.3 is 0 Å². The molecule has 4 nitrogen and oxygen atoms in total. The monoisotopic (exact) mass is 323 g/mol. The maximum absolute atomic E-state index is 12.6. The second-order valence-electron chi connectivity index (χ2n) is 6.13. The number of fused-ring (bicyclic) bond motifs is 1. The molecule has 1 amide bonds. The van der Waals surface area contributed by atoms with Crippen LogP contribution in [0.1, 0.15) is 41.6 Å². The highest BCUT2D eigenvalue weighted by Crippen LogP contribution is 2.33. The van der Waals surface area contributed by atoms with Crippen LogP contribution in [0.4, 0.5) is 0 Å². The highest BCUT2D eigenvalue weighted by atomic mass is 16.5. The summed E-state index contributed by atoms with van der Waals surface area (Å²) in [6.07, 6.45) is 0.947. The minimum atomic E-state index is -0.218. The zero-order valence-electron chi connectivity index (χ0n) is 13.7. The van der Waals surface area contributed by atoms with Gasteiger partial charge in [-0.15, -0.1) is 0 Å². The van der Waals surface area contributed by atoms with Crippen molar-refractivity contribution in [2.24, 2.45) is 0 Å². The van der Waals surface area contributed by atoms with Crippen molar-refractivity contribution < 1.29 is 14.3 Å². The molecule has 124 valence electrons. The van der Waals surface area contributed by atoms with Gasteiger partial charge in [0.1, 0.15) is 5.75 Å². The van der Waals surface area contributed by atoms with Crippen LogP contribution < -0.4 is 10.1 Å². The van der Waals surface area contributed by atoms with Crippen molar-refractivity contribution in [3.8, 4) is 5.75 Å². The first-order valence-electron chi connectivity index (χ1n) is 8.25. The number of Topliss-reactive ketones (excluding diaryl/α,β-unsaturated/α-hetero) is 1. The molecule has 3 rings (SSSR count). The van der Waals surface area contributed by atoms with E-state index >= 15 is 0 Å². The molecule has 0 saturated heterocycles. The Balaban J connectivity index is 1.62. The molecule has 1 aliphatic rings. The van der Waals surface area contributed by atoms with Crippen LogP contribution in [-0.4, -0.2) is 24.3 Å². The van der Waals surface area contributed by atoms with E-state index in [1.54, 1.807) is 12.1 Å². The average molecular weight is 323 g/mol. The Kier molecular flexibility index (Phi) is 4.94.